The van der Waals surface area contributed by atoms with Crippen molar-refractivity contribution in [1.29, 1.82) is 0 Å². The lowest BCUT2D eigenvalue weighted by atomic mass is 9.99. The first-order valence-electron chi connectivity index (χ1n) is 11.2. The van der Waals surface area contributed by atoms with Crippen LogP contribution in [0.3, 0.4) is 0 Å². The first-order chi connectivity index (χ1) is 16.8. The Morgan fingerprint density at radius 1 is 0.971 bits per heavy atom. The first kappa shape index (κ1) is 25.0. The van der Waals surface area contributed by atoms with Gasteiger partial charge in [-0.2, -0.15) is 0 Å². The van der Waals surface area contributed by atoms with Gasteiger partial charge in [0.15, 0.2) is 5.75 Å². The van der Waals surface area contributed by atoms with Crippen LogP contribution in [0, 0.1) is 0 Å². The Bertz CT molecular complexity index is 1190. The minimum atomic E-state index is -1.72. The van der Waals surface area contributed by atoms with Gasteiger partial charge in [-0.25, -0.2) is 4.79 Å². The second-order valence-electron chi connectivity index (χ2n) is 8.46. The van der Waals surface area contributed by atoms with Gasteiger partial charge in [-0.15, -0.1) is 0 Å². The maximum Gasteiger partial charge on any atom is 0.383 e. The van der Waals surface area contributed by atoms with E-state index in [4.69, 9.17) is 23.4 Å². The standard InChI is InChI=1S/C25H28O10/c1-13(2)32-15-8-9-16-17(10-15)33-24(30)23(22(16)31-12-14-6-4-3-5-7-14)35-25-21(29)20(28)19(27)18(11-26)34-25/h3-10,13,18-21,25-29H,11-12H2,1-2H3/t18-,19+,20+,21-,25+/m1/s1. The minimum Gasteiger partial charge on any atom is -0.491 e. The molecular weight excluding hydrogens is 460 g/mol. The molecule has 0 bridgehead atoms. The van der Waals surface area contributed by atoms with Gasteiger partial charge in [-0.1, -0.05) is 30.3 Å². The Morgan fingerprint density at radius 3 is 2.40 bits per heavy atom. The molecule has 2 aromatic carbocycles. The number of aliphatic hydroxyl groups excluding tert-OH is 4. The summed E-state index contributed by atoms with van der Waals surface area (Å²) in [4.78, 5) is 13.0. The molecule has 1 aromatic heterocycles. The summed E-state index contributed by atoms with van der Waals surface area (Å²) in [5.41, 5.74) is 0.101. The lowest BCUT2D eigenvalue weighted by Crippen LogP contribution is -2.60. The van der Waals surface area contributed by atoms with Gasteiger partial charge in [0.05, 0.1) is 18.1 Å². The Morgan fingerprint density at radius 2 is 1.71 bits per heavy atom. The van der Waals surface area contributed by atoms with E-state index in [9.17, 15) is 25.2 Å². The molecule has 4 rings (SSSR count). The highest BCUT2D eigenvalue weighted by molar-refractivity contribution is 5.86. The summed E-state index contributed by atoms with van der Waals surface area (Å²) in [7, 11) is 0. The number of ether oxygens (including phenoxy) is 4. The van der Waals surface area contributed by atoms with Gasteiger partial charge in [-0.3, -0.25) is 0 Å². The van der Waals surface area contributed by atoms with Crippen LogP contribution in [-0.2, 0) is 11.3 Å². The third kappa shape index (κ3) is 5.42. The molecule has 4 N–H and O–H groups in total. The summed E-state index contributed by atoms with van der Waals surface area (Å²) in [6, 6.07) is 14.1. The summed E-state index contributed by atoms with van der Waals surface area (Å²) < 4.78 is 28.2. The van der Waals surface area contributed by atoms with E-state index in [-0.39, 0.29) is 24.0 Å². The van der Waals surface area contributed by atoms with Crippen LogP contribution in [-0.4, -0.2) is 63.8 Å². The second kappa shape index (κ2) is 10.6. The van der Waals surface area contributed by atoms with Gasteiger partial charge in [0.25, 0.3) is 5.75 Å². The fourth-order valence-electron chi connectivity index (χ4n) is 3.74. The Hall–Kier alpha value is -3.15. The molecule has 5 atom stereocenters. The monoisotopic (exact) mass is 488 g/mol. The largest absolute Gasteiger partial charge is 0.491 e. The molecule has 1 aliphatic rings. The van der Waals surface area contributed by atoms with Gasteiger partial charge in [-0.05, 0) is 31.5 Å². The Labute approximate surface area is 200 Å². The molecule has 0 saturated carbocycles. The topological polar surface area (TPSA) is 148 Å². The third-order valence-electron chi connectivity index (χ3n) is 5.47. The number of hydrogen-bond donors (Lipinski definition) is 4. The van der Waals surface area contributed by atoms with E-state index in [0.717, 1.165) is 5.56 Å². The van der Waals surface area contributed by atoms with E-state index >= 15 is 0 Å². The van der Waals surface area contributed by atoms with Crippen LogP contribution in [0.4, 0.5) is 0 Å². The summed E-state index contributed by atoms with van der Waals surface area (Å²) >= 11 is 0. The van der Waals surface area contributed by atoms with Crippen LogP contribution >= 0.6 is 0 Å². The van der Waals surface area contributed by atoms with Crippen molar-refractivity contribution >= 4 is 11.0 Å². The molecule has 0 radical (unpaired) electrons. The summed E-state index contributed by atoms with van der Waals surface area (Å²) in [6.07, 6.45) is -7.86. The Kier molecular flexibility index (Phi) is 7.58. The second-order valence-corrected chi connectivity index (χ2v) is 8.46. The van der Waals surface area contributed by atoms with Gasteiger partial charge in [0, 0.05) is 6.07 Å². The molecular formula is C25H28O10. The van der Waals surface area contributed by atoms with Gasteiger partial charge < -0.3 is 43.8 Å². The fourth-order valence-corrected chi connectivity index (χ4v) is 3.74. The zero-order valence-electron chi connectivity index (χ0n) is 19.2. The maximum absolute atomic E-state index is 13.0. The lowest BCUT2D eigenvalue weighted by molar-refractivity contribution is -0.278. The molecule has 1 aliphatic heterocycles. The van der Waals surface area contributed by atoms with Gasteiger partial charge in [0.2, 0.25) is 6.29 Å². The molecule has 1 fully saturated rings. The molecule has 0 amide bonds. The third-order valence-corrected chi connectivity index (χ3v) is 5.47. The van der Waals surface area contributed by atoms with Gasteiger partial charge >= 0.3 is 5.63 Å². The first-order valence-corrected chi connectivity index (χ1v) is 11.2. The van der Waals surface area contributed by atoms with Crippen LogP contribution < -0.4 is 19.8 Å². The number of aliphatic hydroxyl groups is 4. The number of benzene rings is 2. The van der Waals surface area contributed by atoms with Gasteiger partial charge in [0.1, 0.15) is 42.4 Å². The summed E-state index contributed by atoms with van der Waals surface area (Å²) in [5, 5.41) is 40.3. The van der Waals surface area contributed by atoms with E-state index in [1.165, 1.54) is 0 Å². The van der Waals surface area contributed by atoms with E-state index in [2.05, 4.69) is 0 Å². The van der Waals surface area contributed by atoms with E-state index in [1.807, 2.05) is 44.2 Å². The fraction of sp³-hybridized carbons (Fsp3) is 0.400. The molecule has 0 aliphatic carbocycles. The minimum absolute atomic E-state index is 0.0353. The van der Waals surface area contributed by atoms with Crippen LogP contribution in [0.5, 0.6) is 17.2 Å². The average molecular weight is 488 g/mol. The summed E-state index contributed by atoms with van der Waals surface area (Å²) in [6.45, 7) is 3.18. The smallest absolute Gasteiger partial charge is 0.383 e. The quantitative estimate of drug-likeness (QED) is 0.342. The van der Waals surface area contributed by atoms with E-state index < -0.39 is 48.7 Å². The molecule has 35 heavy (non-hydrogen) atoms. The highest BCUT2D eigenvalue weighted by Crippen LogP contribution is 2.37. The molecule has 0 unspecified atom stereocenters. The number of fused-ring (bicyclic) bond motifs is 1. The highest BCUT2D eigenvalue weighted by Gasteiger charge is 2.45. The molecule has 3 aromatic rings. The molecule has 2 heterocycles. The Balaban J connectivity index is 1.74. The SMILES string of the molecule is CC(C)Oc1ccc2c(OCc3ccccc3)c(O[C@@H]3O[C@H](CO)[C@H](O)[C@H](O)[C@H]3O)c(=O)oc2c1. The van der Waals surface area contributed by atoms with Crippen LogP contribution in [0.25, 0.3) is 11.0 Å². The molecule has 10 nitrogen and oxygen atoms in total. The zero-order chi connectivity index (χ0) is 25.1. The van der Waals surface area contributed by atoms with Crippen molar-refractivity contribution < 1.29 is 43.8 Å². The van der Waals surface area contributed by atoms with Crippen LogP contribution in [0.15, 0.2) is 57.7 Å². The van der Waals surface area contributed by atoms with E-state index in [0.29, 0.717) is 11.1 Å². The molecule has 0 spiro atoms. The van der Waals surface area contributed by atoms with Crippen LogP contribution in [0.1, 0.15) is 19.4 Å². The average Bonchev–Trinajstić information content (AvgIpc) is 2.84. The number of hydrogen-bond acceptors (Lipinski definition) is 10. The zero-order valence-corrected chi connectivity index (χ0v) is 19.2. The lowest BCUT2D eigenvalue weighted by Gasteiger charge is -2.39. The van der Waals surface area contributed by atoms with Crippen molar-refractivity contribution in [2.45, 2.75) is 57.3 Å². The molecule has 188 valence electrons. The predicted molar refractivity (Wildman–Crippen MR) is 123 cm³/mol. The van der Waals surface area contributed by atoms with Crippen molar-refractivity contribution in [2.24, 2.45) is 0 Å². The summed E-state index contributed by atoms with van der Waals surface area (Å²) in [5.74, 6) is 0.135. The maximum atomic E-state index is 13.0. The molecule has 1 saturated heterocycles. The highest BCUT2D eigenvalue weighted by atomic mass is 16.7. The van der Waals surface area contributed by atoms with Crippen molar-refractivity contribution in [3.05, 3.63) is 64.5 Å². The predicted octanol–water partition coefficient (Wildman–Crippen LogP) is 1.34. The van der Waals surface area contributed by atoms with Crippen molar-refractivity contribution in [2.75, 3.05) is 6.61 Å². The number of rotatable bonds is 8. The van der Waals surface area contributed by atoms with E-state index in [1.54, 1.807) is 18.2 Å². The van der Waals surface area contributed by atoms with Crippen LogP contribution in [0.2, 0.25) is 0 Å². The van der Waals surface area contributed by atoms with Crippen molar-refractivity contribution in [3.63, 3.8) is 0 Å². The molecule has 10 heteroatoms. The normalized spacial score (nSPS) is 24.5. The van der Waals surface area contributed by atoms with Crippen molar-refractivity contribution in [1.82, 2.24) is 0 Å². The van der Waals surface area contributed by atoms with Crippen molar-refractivity contribution in [3.8, 4) is 17.2 Å².